The summed E-state index contributed by atoms with van der Waals surface area (Å²) in [4.78, 5) is 14.1. The quantitative estimate of drug-likeness (QED) is 0.758. The first-order chi connectivity index (χ1) is 10.2. The number of nitrogens with two attached hydrogens (primary N) is 1. The molecule has 0 spiro atoms. The molecule has 0 fully saturated rings. The number of benzene rings is 1. The van der Waals surface area contributed by atoms with Crippen LogP contribution in [0.5, 0.6) is 0 Å². The van der Waals surface area contributed by atoms with Gasteiger partial charge in [-0.3, -0.25) is 4.79 Å². The van der Waals surface area contributed by atoms with Gasteiger partial charge in [0.1, 0.15) is 0 Å². The largest absolute Gasteiger partial charge is 0.397 e. The van der Waals surface area contributed by atoms with Crippen LogP contribution in [-0.4, -0.2) is 5.91 Å². The molecule has 0 unspecified atom stereocenters. The number of fused-ring (bicyclic) bond motifs is 1. The van der Waals surface area contributed by atoms with E-state index >= 15 is 0 Å². The number of carbonyl (C=O) groups excluding carboxylic acids is 1. The van der Waals surface area contributed by atoms with Gasteiger partial charge in [-0.2, -0.15) is 0 Å². The zero-order chi connectivity index (χ0) is 14.8. The van der Waals surface area contributed by atoms with E-state index in [4.69, 9.17) is 5.73 Å². The van der Waals surface area contributed by atoms with E-state index in [9.17, 15) is 4.79 Å². The number of aryl methyl sites for hydroxylation is 2. The van der Waals surface area contributed by atoms with Crippen molar-refractivity contribution in [1.29, 1.82) is 0 Å². The van der Waals surface area contributed by atoms with E-state index in [1.54, 1.807) is 0 Å². The lowest BCUT2D eigenvalue weighted by atomic mass is 10.0. The average Bonchev–Trinajstić information content (AvgIpc) is 2.93. The summed E-state index contributed by atoms with van der Waals surface area (Å²) in [6, 6.07) is 8.21. The van der Waals surface area contributed by atoms with Crippen LogP contribution in [0.25, 0.3) is 0 Å². The van der Waals surface area contributed by atoms with Crippen LogP contribution in [0.2, 0.25) is 0 Å². The highest BCUT2D eigenvalue weighted by Gasteiger charge is 2.16. The zero-order valence-corrected chi connectivity index (χ0v) is 12.8. The number of nitrogens with one attached hydrogen (secondary N) is 2. The molecule has 1 aliphatic heterocycles. The predicted molar refractivity (Wildman–Crippen MR) is 88.8 cm³/mol. The van der Waals surface area contributed by atoms with Gasteiger partial charge in [0.2, 0.25) is 5.91 Å². The van der Waals surface area contributed by atoms with Crippen molar-refractivity contribution >= 4 is 34.3 Å². The van der Waals surface area contributed by atoms with Crippen molar-refractivity contribution in [3.63, 3.8) is 0 Å². The number of anilines is 3. The number of rotatable bonds is 4. The van der Waals surface area contributed by atoms with E-state index in [2.05, 4.69) is 29.7 Å². The van der Waals surface area contributed by atoms with E-state index < -0.39 is 0 Å². The fraction of sp³-hybridized carbons (Fsp3) is 0.312. The standard InChI is InChI=1S/C16H19N3OS/c1-2-11-4-5-12(21-11)9-18-15-8-14-10(7-13(15)17)3-6-16(20)19-14/h4-5,7-8,18H,2-3,6,9,17H2,1H3,(H,19,20). The minimum atomic E-state index is 0.0732. The van der Waals surface area contributed by atoms with Gasteiger partial charge in [0.25, 0.3) is 0 Å². The van der Waals surface area contributed by atoms with E-state index in [1.165, 1.54) is 9.75 Å². The number of carbonyl (C=O) groups is 1. The Kier molecular flexibility index (Phi) is 3.84. The molecule has 2 aromatic rings. The molecule has 1 aromatic carbocycles. The molecule has 1 aliphatic rings. The van der Waals surface area contributed by atoms with Crippen molar-refractivity contribution in [1.82, 2.24) is 0 Å². The van der Waals surface area contributed by atoms with Crippen molar-refractivity contribution < 1.29 is 4.79 Å². The van der Waals surface area contributed by atoms with Gasteiger partial charge < -0.3 is 16.4 Å². The van der Waals surface area contributed by atoms with Gasteiger partial charge in [0, 0.05) is 28.4 Å². The Hall–Kier alpha value is -2.01. The molecule has 2 heterocycles. The molecule has 0 aliphatic carbocycles. The second-order valence-electron chi connectivity index (χ2n) is 5.22. The normalized spacial score (nSPS) is 13.7. The van der Waals surface area contributed by atoms with Gasteiger partial charge in [-0.15, -0.1) is 11.3 Å². The molecule has 0 atom stereocenters. The number of hydrogen-bond donors (Lipinski definition) is 3. The highest BCUT2D eigenvalue weighted by Crippen LogP contribution is 2.31. The third-order valence-electron chi connectivity index (χ3n) is 3.69. The van der Waals surface area contributed by atoms with Crippen molar-refractivity contribution in [3.05, 3.63) is 39.6 Å². The topological polar surface area (TPSA) is 67.1 Å². The van der Waals surface area contributed by atoms with Crippen LogP contribution in [0.3, 0.4) is 0 Å². The summed E-state index contributed by atoms with van der Waals surface area (Å²) < 4.78 is 0. The molecular formula is C16H19N3OS. The fourth-order valence-electron chi connectivity index (χ4n) is 2.49. The van der Waals surface area contributed by atoms with Crippen LogP contribution in [0.15, 0.2) is 24.3 Å². The maximum atomic E-state index is 11.5. The van der Waals surface area contributed by atoms with Gasteiger partial charge >= 0.3 is 0 Å². The maximum absolute atomic E-state index is 11.5. The second kappa shape index (κ2) is 5.77. The molecule has 0 saturated carbocycles. The molecule has 0 radical (unpaired) electrons. The smallest absolute Gasteiger partial charge is 0.224 e. The molecule has 4 nitrogen and oxygen atoms in total. The van der Waals surface area contributed by atoms with Gasteiger partial charge in [-0.05, 0) is 42.7 Å². The first-order valence-electron chi connectivity index (χ1n) is 7.19. The first-order valence-corrected chi connectivity index (χ1v) is 8.01. The monoisotopic (exact) mass is 301 g/mol. The highest BCUT2D eigenvalue weighted by atomic mass is 32.1. The van der Waals surface area contributed by atoms with Crippen molar-refractivity contribution in [3.8, 4) is 0 Å². The van der Waals surface area contributed by atoms with Crippen molar-refractivity contribution in [2.24, 2.45) is 0 Å². The summed E-state index contributed by atoms with van der Waals surface area (Å²) in [5.41, 5.74) is 9.70. The lowest BCUT2D eigenvalue weighted by Gasteiger charge is -2.19. The molecule has 3 rings (SSSR count). The summed E-state index contributed by atoms with van der Waals surface area (Å²) >= 11 is 1.81. The summed E-state index contributed by atoms with van der Waals surface area (Å²) in [7, 11) is 0. The number of hydrogen-bond acceptors (Lipinski definition) is 4. The van der Waals surface area contributed by atoms with E-state index in [0.29, 0.717) is 6.42 Å². The maximum Gasteiger partial charge on any atom is 0.224 e. The highest BCUT2D eigenvalue weighted by molar-refractivity contribution is 7.12. The summed E-state index contributed by atoms with van der Waals surface area (Å²) in [5, 5.41) is 6.27. The minimum Gasteiger partial charge on any atom is -0.397 e. The van der Waals surface area contributed by atoms with Crippen molar-refractivity contribution in [2.75, 3.05) is 16.4 Å². The Morgan fingerprint density at radius 2 is 2.10 bits per heavy atom. The Labute approximate surface area is 128 Å². The van der Waals surface area contributed by atoms with Crippen molar-refractivity contribution in [2.45, 2.75) is 32.7 Å². The zero-order valence-electron chi connectivity index (χ0n) is 12.0. The predicted octanol–water partition coefficient (Wildman–Crippen LogP) is 3.39. The molecule has 110 valence electrons. The molecule has 1 aromatic heterocycles. The van der Waals surface area contributed by atoms with E-state index in [1.807, 2.05) is 23.5 Å². The molecule has 4 N–H and O–H groups in total. The molecule has 1 amide bonds. The second-order valence-corrected chi connectivity index (χ2v) is 6.47. The van der Waals surface area contributed by atoms with E-state index in [-0.39, 0.29) is 5.91 Å². The molecule has 5 heteroatoms. The van der Waals surface area contributed by atoms with Crippen LogP contribution < -0.4 is 16.4 Å². The Morgan fingerprint density at radius 3 is 2.86 bits per heavy atom. The van der Waals surface area contributed by atoms with Crippen LogP contribution in [0.4, 0.5) is 17.1 Å². The van der Waals surface area contributed by atoms with Gasteiger partial charge in [0.15, 0.2) is 0 Å². The molecule has 0 saturated heterocycles. The number of thiophene rings is 1. The minimum absolute atomic E-state index is 0.0732. The molecule has 21 heavy (non-hydrogen) atoms. The Bertz CT molecular complexity index is 678. The first kappa shape index (κ1) is 13.9. The SMILES string of the molecule is CCc1ccc(CNc2cc3c(cc2N)CCC(=O)N3)s1. The summed E-state index contributed by atoms with van der Waals surface area (Å²) in [6.45, 7) is 2.91. The van der Waals surface area contributed by atoms with Crippen LogP contribution in [0, 0.1) is 0 Å². The molecule has 0 bridgehead atoms. The third kappa shape index (κ3) is 3.03. The lowest BCUT2D eigenvalue weighted by Crippen LogP contribution is -2.19. The van der Waals surface area contributed by atoms with Gasteiger partial charge in [-0.25, -0.2) is 0 Å². The summed E-state index contributed by atoms with van der Waals surface area (Å²) in [6.07, 6.45) is 2.36. The lowest BCUT2D eigenvalue weighted by molar-refractivity contribution is -0.116. The fourth-order valence-corrected chi connectivity index (χ4v) is 3.39. The molecular weight excluding hydrogens is 282 g/mol. The van der Waals surface area contributed by atoms with Gasteiger partial charge in [0.05, 0.1) is 11.4 Å². The van der Waals surface area contributed by atoms with Gasteiger partial charge in [-0.1, -0.05) is 6.92 Å². The Balaban J connectivity index is 1.76. The van der Waals surface area contributed by atoms with Crippen LogP contribution >= 0.6 is 11.3 Å². The average molecular weight is 301 g/mol. The number of nitrogen functional groups attached to an aromatic ring is 1. The third-order valence-corrected chi connectivity index (χ3v) is 4.92. The van der Waals surface area contributed by atoms with Crippen LogP contribution in [0.1, 0.15) is 28.7 Å². The van der Waals surface area contributed by atoms with E-state index in [0.717, 1.165) is 42.0 Å². The summed E-state index contributed by atoms with van der Waals surface area (Å²) in [5.74, 6) is 0.0732. The Morgan fingerprint density at radius 1 is 1.29 bits per heavy atom. The van der Waals surface area contributed by atoms with Crippen LogP contribution in [-0.2, 0) is 24.2 Å². The number of amides is 1.